The Bertz CT molecular complexity index is 1020. The molecule has 0 spiro atoms. The molecule has 8 nitrogen and oxygen atoms in total. The summed E-state index contributed by atoms with van der Waals surface area (Å²) in [5, 5.41) is 32.7. The van der Waals surface area contributed by atoms with Gasteiger partial charge in [0.25, 0.3) is 0 Å². The van der Waals surface area contributed by atoms with Gasteiger partial charge in [-0.15, -0.1) is 0 Å². The minimum atomic E-state index is -2.22. The molecule has 3 fully saturated rings. The van der Waals surface area contributed by atoms with Gasteiger partial charge in [-0.05, 0) is 50.7 Å². The molecule has 0 aromatic rings. The summed E-state index contributed by atoms with van der Waals surface area (Å²) >= 11 is 0. The Labute approximate surface area is 196 Å². The van der Waals surface area contributed by atoms with Crippen LogP contribution >= 0.6 is 0 Å². The maximum Gasteiger partial charge on any atom is 0.303 e. The molecule has 0 aromatic carbocycles. The van der Waals surface area contributed by atoms with Crippen LogP contribution in [0, 0.1) is 28.6 Å². The number of Topliss-reactive ketones (excluding diaryl/α,β-unsaturated/α-hetero) is 1. The number of fused-ring (bicyclic) bond motifs is 5. The third-order valence-electron chi connectivity index (χ3n) is 9.28. The van der Waals surface area contributed by atoms with Crippen molar-refractivity contribution in [2.24, 2.45) is 28.6 Å². The number of alkyl halides is 1. The quantitative estimate of drug-likeness (QED) is 0.510. The van der Waals surface area contributed by atoms with Crippen LogP contribution in [0.3, 0.4) is 0 Å². The molecular weight excluding hydrogens is 447 g/mol. The topological polar surface area (TPSA) is 138 Å². The highest BCUT2D eigenvalue weighted by molar-refractivity contribution is 6.01. The van der Waals surface area contributed by atoms with E-state index in [9.17, 15) is 34.5 Å². The number of aliphatic hydroxyl groups excluding tert-OH is 1. The zero-order chi connectivity index (χ0) is 25.3. The molecule has 186 valence electrons. The predicted octanol–water partition coefficient (Wildman–Crippen LogP) is 1.92. The molecule has 4 rings (SSSR count). The standard InChI is InChI=1S/C25H31FO8/c1-13(27)34-12-20(30)25(33)15(10-21(31)32)9-18-17-5-4-14-8-16(28)6-7-22(14,2)24(17,26)19(29)11-23(18,25)3/h6-8,15,17-19,29,33H,4-5,9-12H2,1-3H3,(H,31,32)/t15?,17-,18-,19?,22-,23-,24-,25-/m0/s1. The van der Waals surface area contributed by atoms with E-state index in [4.69, 9.17) is 4.74 Å². The number of carboxylic acids is 1. The number of hydrogen-bond acceptors (Lipinski definition) is 7. The number of rotatable bonds is 5. The van der Waals surface area contributed by atoms with E-state index in [2.05, 4.69) is 0 Å². The van der Waals surface area contributed by atoms with Crippen molar-refractivity contribution in [1.29, 1.82) is 0 Å². The first-order valence-electron chi connectivity index (χ1n) is 11.6. The van der Waals surface area contributed by atoms with Crippen molar-refractivity contribution in [3.05, 3.63) is 23.8 Å². The van der Waals surface area contributed by atoms with Crippen LogP contribution in [0.4, 0.5) is 4.39 Å². The van der Waals surface area contributed by atoms with E-state index >= 15 is 4.39 Å². The summed E-state index contributed by atoms with van der Waals surface area (Å²) in [6, 6.07) is 0. The molecule has 2 unspecified atom stereocenters. The number of hydrogen-bond donors (Lipinski definition) is 3. The van der Waals surface area contributed by atoms with Crippen molar-refractivity contribution in [3.63, 3.8) is 0 Å². The Balaban J connectivity index is 1.80. The van der Waals surface area contributed by atoms with E-state index in [1.54, 1.807) is 13.8 Å². The van der Waals surface area contributed by atoms with E-state index in [0.717, 1.165) is 6.92 Å². The average Bonchev–Trinajstić information content (AvgIpc) is 2.95. The number of carboxylic acid groups (broad SMARTS) is 1. The Hall–Kier alpha value is -2.39. The van der Waals surface area contributed by atoms with Crippen LogP contribution in [0.2, 0.25) is 0 Å². The molecule has 0 aliphatic heterocycles. The monoisotopic (exact) mass is 478 g/mol. The van der Waals surface area contributed by atoms with Crippen molar-refractivity contribution in [3.8, 4) is 0 Å². The van der Waals surface area contributed by atoms with Gasteiger partial charge < -0.3 is 20.1 Å². The van der Waals surface area contributed by atoms with Crippen LogP contribution < -0.4 is 0 Å². The van der Waals surface area contributed by atoms with Gasteiger partial charge in [-0.1, -0.05) is 18.6 Å². The Morgan fingerprint density at radius 2 is 1.91 bits per heavy atom. The van der Waals surface area contributed by atoms with Crippen LogP contribution in [0.5, 0.6) is 0 Å². The molecule has 0 radical (unpaired) electrons. The minimum absolute atomic E-state index is 0.0753. The number of aliphatic hydroxyl groups is 2. The van der Waals surface area contributed by atoms with Crippen molar-refractivity contribution in [2.45, 2.75) is 70.2 Å². The highest BCUT2D eigenvalue weighted by atomic mass is 19.1. The molecule has 3 N–H and O–H groups in total. The second-order valence-electron chi connectivity index (χ2n) is 10.8. The van der Waals surface area contributed by atoms with Crippen LogP contribution in [0.25, 0.3) is 0 Å². The van der Waals surface area contributed by atoms with Gasteiger partial charge in [0.1, 0.15) is 5.60 Å². The molecule has 4 aliphatic rings. The second kappa shape index (κ2) is 7.81. The van der Waals surface area contributed by atoms with Gasteiger partial charge in [-0.3, -0.25) is 19.2 Å². The summed E-state index contributed by atoms with van der Waals surface area (Å²) < 4.78 is 22.0. The number of ketones is 2. The van der Waals surface area contributed by atoms with Crippen molar-refractivity contribution >= 4 is 23.5 Å². The van der Waals surface area contributed by atoms with Gasteiger partial charge in [-0.25, -0.2) is 4.39 Å². The third kappa shape index (κ3) is 3.09. The first-order valence-corrected chi connectivity index (χ1v) is 11.6. The number of esters is 1. The van der Waals surface area contributed by atoms with E-state index < -0.39 is 76.7 Å². The highest BCUT2D eigenvalue weighted by Gasteiger charge is 2.76. The van der Waals surface area contributed by atoms with Crippen LogP contribution in [-0.4, -0.2) is 62.8 Å². The average molecular weight is 479 g/mol. The van der Waals surface area contributed by atoms with Gasteiger partial charge >= 0.3 is 11.9 Å². The Morgan fingerprint density at radius 3 is 2.53 bits per heavy atom. The van der Waals surface area contributed by atoms with Gasteiger partial charge in [0.2, 0.25) is 5.78 Å². The number of aliphatic carboxylic acids is 1. The SMILES string of the molecule is CC(=O)OCC(=O)[C@@]1(O)C(CC(=O)O)C[C@H]2[C@@H]3CCC4=CC(=O)C=C[C@]4(C)[C@@]3(F)C(O)C[C@@]21C. The second-order valence-corrected chi connectivity index (χ2v) is 10.8. The summed E-state index contributed by atoms with van der Waals surface area (Å²) in [6.45, 7) is 3.63. The van der Waals surface area contributed by atoms with Gasteiger partial charge in [0, 0.05) is 29.6 Å². The zero-order valence-corrected chi connectivity index (χ0v) is 19.5. The molecule has 0 heterocycles. The summed E-state index contributed by atoms with van der Waals surface area (Å²) in [4.78, 5) is 48.1. The first-order chi connectivity index (χ1) is 15.7. The first kappa shape index (κ1) is 24.7. The summed E-state index contributed by atoms with van der Waals surface area (Å²) in [6.07, 6.45) is 2.60. The largest absolute Gasteiger partial charge is 0.481 e. The lowest BCUT2D eigenvalue weighted by atomic mass is 9.44. The fourth-order valence-corrected chi connectivity index (χ4v) is 7.64. The Kier molecular flexibility index (Phi) is 5.68. The molecular formula is C25H31FO8. The number of ether oxygens (including phenoxy) is 1. The van der Waals surface area contributed by atoms with Crippen molar-refractivity contribution in [2.75, 3.05) is 6.61 Å². The van der Waals surface area contributed by atoms with Crippen LogP contribution in [0.15, 0.2) is 23.8 Å². The molecule has 9 heteroatoms. The maximum absolute atomic E-state index is 17.2. The number of allylic oxidation sites excluding steroid dienone is 4. The molecule has 0 saturated heterocycles. The minimum Gasteiger partial charge on any atom is -0.481 e. The van der Waals surface area contributed by atoms with Crippen molar-refractivity contribution < 1.29 is 43.6 Å². The van der Waals surface area contributed by atoms with Crippen molar-refractivity contribution in [1.82, 2.24) is 0 Å². The number of carbonyl (C=O) groups is 4. The smallest absolute Gasteiger partial charge is 0.303 e. The molecule has 0 aromatic heterocycles. The predicted molar refractivity (Wildman–Crippen MR) is 116 cm³/mol. The van der Waals surface area contributed by atoms with Gasteiger partial charge in [0.05, 0.1) is 12.5 Å². The highest BCUT2D eigenvalue weighted by Crippen LogP contribution is 2.71. The fourth-order valence-electron chi connectivity index (χ4n) is 7.64. The van der Waals surface area contributed by atoms with E-state index in [1.165, 1.54) is 18.2 Å². The molecule has 3 saturated carbocycles. The summed E-state index contributed by atoms with van der Waals surface area (Å²) in [5.41, 5.74) is -6.37. The van der Waals surface area contributed by atoms with E-state index in [0.29, 0.717) is 12.0 Å². The van der Waals surface area contributed by atoms with E-state index in [-0.39, 0.29) is 25.0 Å². The van der Waals surface area contributed by atoms with Crippen LogP contribution in [0.1, 0.15) is 52.9 Å². The lowest BCUT2D eigenvalue weighted by Crippen LogP contribution is -2.69. The molecule has 0 amide bonds. The summed E-state index contributed by atoms with van der Waals surface area (Å²) in [5.74, 6) is -5.45. The normalized spacial score (nSPS) is 45.0. The summed E-state index contributed by atoms with van der Waals surface area (Å²) in [7, 11) is 0. The maximum atomic E-state index is 17.2. The lowest BCUT2D eigenvalue weighted by molar-refractivity contribution is -0.220. The lowest BCUT2D eigenvalue weighted by Gasteiger charge is -2.62. The third-order valence-corrected chi connectivity index (χ3v) is 9.28. The Morgan fingerprint density at radius 1 is 1.24 bits per heavy atom. The number of carbonyl (C=O) groups excluding carboxylic acids is 3. The van der Waals surface area contributed by atoms with Gasteiger partial charge in [-0.2, -0.15) is 0 Å². The molecule has 34 heavy (non-hydrogen) atoms. The molecule has 4 aliphatic carbocycles. The van der Waals surface area contributed by atoms with E-state index in [1.807, 2.05) is 0 Å². The zero-order valence-electron chi connectivity index (χ0n) is 19.5. The van der Waals surface area contributed by atoms with Crippen LogP contribution in [-0.2, 0) is 23.9 Å². The molecule has 0 bridgehead atoms. The fraction of sp³-hybridized carbons (Fsp3) is 0.680. The number of halogens is 1. The molecule has 8 atom stereocenters. The van der Waals surface area contributed by atoms with Gasteiger partial charge in [0.15, 0.2) is 18.1 Å².